The number of hydrogen-bond donors (Lipinski definition) is 1. The highest BCUT2D eigenvalue weighted by atomic mass is 15.2. The van der Waals surface area contributed by atoms with Gasteiger partial charge in [0.1, 0.15) is 5.82 Å². The van der Waals surface area contributed by atoms with E-state index in [1.54, 1.807) is 0 Å². The number of anilines is 1. The van der Waals surface area contributed by atoms with E-state index in [1.165, 1.54) is 6.42 Å². The summed E-state index contributed by atoms with van der Waals surface area (Å²) in [6.07, 6.45) is 3.06. The molecule has 0 spiro atoms. The molecule has 3 heteroatoms. The number of hydrogen-bond acceptors (Lipinski definition) is 3. The first-order valence-electron chi connectivity index (χ1n) is 4.72. The molecular weight excluding hydrogens is 162 g/mol. The summed E-state index contributed by atoms with van der Waals surface area (Å²) in [6.45, 7) is 2.20. The van der Waals surface area contributed by atoms with E-state index in [0.29, 0.717) is 6.04 Å². The van der Waals surface area contributed by atoms with Crippen molar-refractivity contribution in [2.45, 2.75) is 12.5 Å². The molecule has 1 atom stereocenters. The van der Waals surface area contributed by atoms with E-state index in [1.807, 2.05) is 18.3 Å². The highest BCUT2D eigenvalue weighted by Gasteiger charge is 2.19. The molecule has 70 valence electrons. The summed E-state index contributed by atoms with van der Waals surface area (Å²) >= 11 is 0. The summed E-state index contributed by atoms with van der Waals surface area (Å²) in [5.74, 6) is 1.07. The zero-order valence-corrected chi connectivity index (χ0v) is 7.90. The lowest BCUT2D eigenvalue weighted by Crippen LogP contribution is -2.33. The maximum atomic E-state index is 4.32. The van der Waals surface area contributed by atoms with E-state index in [2.05, 4.69) is 28.3 Å². The molecule has 2 rings (SSSR count). The van der Waals surface area contributed by atoms with E-state index in [0.717, 1.165) is 18.9 Å². The van der Waals surface area contributed by atoms with Crippen molar-refractivity contribution < 1.29 is 0 Å². The van der Waals surface area contributed by atoms with Crippen LogP contribution in [0, 0.1) is 0 Å². The van der Waals surface area contributed by atoms with Crippen LogP contribution in [0.15, 0.2) is 24.4 Å². The minimum absolute atomic E-state index is 0.606. The van der Waals surface area contributed by atoms with Crippen molar-refractivity contribution in [1.82, 2.24) is 10.3 Å². The van der Waals surface area contributed by atoms with Gasteiger partial charge in [-0.05, 0) is 25.1 Å². The number of likely N-dealkylation sites (N-methyl/N-ethyl adjacent to an activating group) is 1. The third-order valence-corrected chi connectivity index (χ3v) is 2.59. The molecule has 2 heterocycles. The average Bonchev–Trinajstić information content (AvgIpc) is 2.71. The van der Waals surface area contributed by atoms with E-state index in [4.69, 9.17) is 0 Å². The van der Waals surface area contributed by atoms with Gasteiger partial charge in [-0.15, -0.1) is 0 Å². The molecule has 0 aromatic carbocycles. The SMILES string of the molecule is CN(c1ccccn1)C1CCNC1. The zero-order chi connectivity index (χ0) is 9.10. The lowest BCUT2D eigenvalue weighted by atomic mass is 10.2. The molecule has 1 aromatic rings. The number of nitrogens with zero attached hydrogens (tertiary/aromatic N) is 2. The predicted molar refractivity (Wildman–Crippen MR) is 53.9 cm³/mol. The van der Waals surface area contributed by atoms with Gasteiger partial charge in [0.05, 0.1) is 0 Å². The quantitative estimate of drug-likeness (QED) is 0.727. The van der Waals surface area contributed by atoms with E-state index >= 15 is 0 Å². The molecule has 1 aromatic heterocycles. The molecule has 1 saturated heterocycles. The lowest BCUT2D eigenvalue weighted by molar-refractivity contribution is 0.678. The summed E-state index contributed by atoms with van der Waals surface area (Å²) in [4.78, 5) is 6.57. The van der Waals surface area contributed by atoms with Crippen molar-refractivity contribution in [3.63, 3.8) is 0 Å². The van der Waals surface area contributed by atoms with E-state index in [9.17, 15) is 0 Å². The Kier molecular flexibility index (Phi) is 2.45. The van der Waals surface area contributed by atoms with Crippen LogP contribution in [0.4, 0.5) is 5.82 Å². The van der Waals surface area contributed by atoms with Crippen molar-refractivity contribution >= 4 is 5.82 Å². The molecule has 0 aliphatic carbocycles. The Morgan fingerprint density at radius 2 is 2.46 bits per heavy atom. The molecule has 1 N–H and O–H groups in total. The smallest absolute Gasteiger partial charge is 0.128 e. The number of aromatic nitrogens is 1. The Morgan fingerprint density at radius 1 is 1.54 bits per heavy atom. The van der Waals surface area contributed by atoms with Gasteiger partial charge in [0.2, 0.25) is 0 Å². The average molecular weight is 177 g/mol. The van der Waals surface area contributed by atoms with Crippen molar-refractivity contribution in [3.8, 4) is 0 Å². The van der Waals surface area contributed by atoms with Crippen LogP contribution in [-0.4, -0.2) is 31.2 Å². The van der Waals surface area contributed by atoms with Gasteiger partial charge >= 0.3 is 0 Å². The van der Waals surface area contributed by atoms with Gasteiger partial charge in [0.25, 0.3) is 0 Å². The number of pyridine rings is 1. The molecule has 1 aliphatic rings. The Labute approximate surface area is 78.8 Å². The van der Waals surface area contributed by atoms with Crippen molar-refractivity contribution in [2.75, 3.05) is 25.0 Å². The predicted octanol–water partition coefficient (Wildman–Crippen LogP) is 0.880. The second-order valence-electron chi connectivity index (χ2n) is 3.45. The monoisotopic (exact) mass is 177 g/mol. The third kappa shape index (κ3) is 1.80. The molecule has 1 unspecified atom stereocenters. The molecule has 0 amide bonds. The van der Waals surface area contributed by atoms with Crippen LogP contribution in [0.3, 0.4) is 0 Å². The van der Waals surface area contributed by atoms with Crippen molar-refractivity contribution in [1.29, 1.82) is 0 Å². The summed E-state index contributed by atoms with van der Waals surface area (Å²) in [5.41, 5.74) is 0. The first kappa shape index (κ1) is 8.51. The second-order valence-corrected chi connectivity index (χ2v) is 3.45. The van der Waals surface area contributed by atoms with Crippen LogP contribution in [-0.2, 0) is 0 Å². The normalized spacial score (nSPS) is 21.8. The van der Waals surface area contributed by atoms with Crippen LogP contribution >= 0.6 is 0 Å². The summed E-state index contributed by atoms with van der Waals surface area (Å²) in [6, 6.07) is 6.64. The Bertz CT molecular complexity index is 254. The van der Waals surface area contributed by atoms with Crippen LogP contribution in [0.25, 0.3) is 0 Å². The number of rotatable bonds is 2. The van der Waals surface area contributed by atoms with Crippen LogP contribution in [0.5, 0.6) is 0 Å². The topological polar surface area (TPSA) is 28.2 Å². The Morgan fingerprint density at radius 3 is 3.08 bits per heavy atom. The Hall–Kier alpha value is -1.09. The van der Waals surface area contributed by atoms with Gasteiger partial charge in [0, 0.05) is 25.8 Å². The van der Waals surface area contributed by atoms with Gasteiger partial charge in [0.15, 0.2) is 0 Å². The van der Waals surface area contributed by atoms with Gasteiger partial charge in [-0.2, -0.15) is 0 Å². The fourth-order valence-corrected chi connectivity index (χ4v) is 1.72. The zero-order valence-electron chi connectivity index (χ0n) is 7.90. The summed E-state index contributed by atoms with van der Waals surface area (Å²) in [7, 11) is 2.11. The van der Waals surface area contributed by atoms with Crippen molar-refractivity contribution in [3.05, 3.63) is 24.4 Å². The van der Waals surface area contributed by atoms with Gasteiger partial charge < -0.3 is 10.2 Å². The molecule has 0 radical (unpaired) electrons. The van der Waals surface area contributed by atoms with Gasteiger partial charge in [-0.25, -0.2) is 4.98 Å². The molecule has 1 aliphatic heterocycles. The summed E-state index contributed by atoms with van der Waals surface area (Å²) < 4.78 is 0. The van der Waals surface area contributed by atoms with E-state index < -0.39 is 0 Å². The van der Waals surface area contributed by atoms with E-state index in [-0.39, 0.29) is 0 Å². The molecular formula is C10H15N3. The second kappa shape index (κ2) is 3.75. The van der Waals surface area contributed by atoms with Crippen LogP contribution in [0.1, 0.15) is 6.42 Å². The van der Waals surface area contributed by atoms with Gasteiger partial charge in [-0.3, -0.25) is 0 Å². The molecule has 1 fully saturated rings. The van der Waals surface area contributed by atoms with Crippen LogP contribution in [0.2, 0.25) is 0 Å². The molecule has 0 saturated carbocycles. The molecule has 0 bridgehead atoms. The lowest BCUT2D eigenvalue weighted by Gasteiger charge is -2.24. The first-order valence-corrected chi connectivity index (χ1v) is 4.72. The third-order valence-electron chi connectivity index (χ3n) is 2.59. The highest BCUT2D eigenvalue weighted by Crippen LogP contribution is 2.14. The fourth-order valence-electron chi connectivity index (χ4n) is 1.72. The van der Waals surface area contributed by atoms with Crippen LogP contribution < -0.4 is 10.2 Å². The largest absolute Gasteiger partial charge is 0.355 e. The minimum atomic E-state index is 0.606. The minimum Gasteiger partial charge on any atom is -0.355 e. The molecule has 3 nitrogen and oxygen atoms in total. The maximum Gasteiger partial charge on any atom is 0.128 e. The molecule has 13 heavy (non-hydrogen) atoms. The first-order chi connectivity index (χ1) is 6.38. The highest BCUT2D eigenvalue weighted by molar-refractivity contribution is 5.38. The maximum absolute atomic E-state index is 4.32. The fraction of sp³-hybridized carbons (Fsp3) is 0.500. The Balaban J connectivity index is 2.08. The summed E-state index contributed by atoms with van der Waals surface area (Å²) in [5, 5.41) is 3.35. The van der Waals surface area contributed by atoms with Crippen molar-refractivity contribution in [2.24, 2.45) is 0 Å². The van der Waals surface area contributed by atoms with Gasteiger partial charge in [-0.1, -0.05) is 6.07 Å². The standard InChI is InChI=1S/C10H15N3/c1-13(9-5-7-11-8-9)10-4-2-3-6-12-10/h2-4,6,9,11H,5,7-8H2,1H3. The number of nitrogens with one attached hydrogen (secondary N) is 1.